The minimum Gasteiger partial charge on any atom is -0.377 e. The van der Waals surface area contributed by atoms with Crippen LogP contribution in [-0.4, -0.2) is 41.9 Å². The van der Waals surface area contributed by atoms with Crippen LogP contribution in [0.4, 0.5) is 8.78 Å². The van der Waals surface area contributed by atoms with Crippen LogP contribution in [0.3, 0.4) is 0 Å². The molecule has 1 saturated heterocycles. The van der Waals surface area contributed by atoms with Gasteiger partial charge < -0.3 is 9.64 Å². The first-order valence-corrected chi connectivity index (χ1v) is 7.13. The van der Waals surface area contributed by atoms with Crippen molar-refractivity contribution in [1.82, 2.24) is 4.90 Å². The lowest BCUT2D eigenvalue weighted by atomic mass is 10.1. The summed E-state index contributed by atoms with van der Waals surface area (Å²) in [5.41, 5.74) is -0.310. The molecule has 1 heterocycles. The third-order valence-corrected chi connectivity index (χ3v) is 3.94. The number of ether oxygens (including phenoxy) is 1. The number of alkyl halides is 1. The molecular weight excluding hydrogens is 343 g/mol. The van der Waals surface area contributed by atoms with Crippen molar-refractivity contribution >= 4 is 33.4 Å². The third-order valence-electron chi connectivity index (χ3n) is 2.91. The molecule has 1 aromatic carbocycles. The largest absolute Gasteiger partial charge is 0.377 e. The van der Waals surface area contributed by atoms with E-state index in [0.29, 0.717) is 25.1 Å². The van der Waals surface area contributed by atoms with Gasteiger partial charge in [-0.15, -0.1) is 0 Å². The highest BCUT2D eigenvalue weighted by molar-refractivity contribution is 9.09. The van der Waals surface area contributed by atoms with E-state index in [0.717, 1.165) is 12.1 Å². The van der Waals surface area contributed by atoms with Crippen LogP contribution in [-0.2, 0) is 4.74 Å². The number of morpholine rings is 1. The summed E-state index contributed by atoms with van der Waals surface area (Å²) in [5, 5.41) is 0.171. The van der Waals surface area contributed by atoms with E-state index in [2.05, 4.69) is 15.9 Å². The Morgan fingerprint density at radius 2 is 2.21 bits per heavy atom. The normalized spacial score (nSPS) is 19.6. The molecule has 104 valence electrons. The number of hydrogen-bond acceptors (Lipinski definition) is 2. The molecule has 19 heavy (non-hydrogen) atoms. The summed E-state index contributed by atoms with van der Waals surface area (Å²) in [4.78, 5) is 13.7. The predicted molar refractivity (Wildman–Crippen MR) is 70.8 cm³/mol. The number of halogens is 4. The number of nitrogens with zero attached hydrogens (tertiary/aromatic N) is 1. The quantitative estimate of drug-likeness (QED) is 0.604. The van der Waals surface area contributed by atoms with Gasteiger partial charge in [-0.05, 0) is 12.1 Å². The van der Waals surface area contributed by atoms with E-state index < -0.39 is 17.5 Å². The molecule has 1 fully saturated rings. The van der Waals surface area contributed by atoms with E-state index in [1.165, 1.54) is 4.90 Å². The van der Waals surface area contributed by atoms with E-state index in [9.17, 15) is 13.6 Å². The van der Waals surface area contributed by atoms with E-state index in [4.69, 9.17) is 16.3 Å². The molecule has 1 unspecified atom stereocenters. The maximum Gasteiger partial charge on any atom is 0.257 e. The van der Waals surface area contributed by atoms with Gasteiger partial charge in [0.1, 0.15) is 11.6 Å². The number of carbonyl (C=O) groups excluding carboxylic acids is 1. The molecule has 1 atom stereocenters. The monoisotopic (exact) mass is 353 g/mol. The highest BCUT2D eigenvalue weighted by Gasteiger charge is 2.29. The van der Waals surface area contributed by atoms with Crippen LogP contribution >= 0.6 is 27.5 Å². The highest BCUT2D eigenvalue weighted by atomic mass is 79.9. The fourth-order valence-electron chi connectivity index (χ4n) is 1.89. The lowest BCUT2D eigenvalue weighted by Gasteiger charge is -2.34. The third kappa shape index (κ3) is 3.07. The Labute approximate surface area is 122 Å². The summed E-state index contributed by atoms with van der Waals surface area (Å²) in [6.45, 7) is 1.10. The number of rotatable bonds is 2. The Balaban J connectivity index is 2.30. The lowest BCUT2D eigenvalue weighted by Crippen LogP contribution is -2.49. The van der Waals surface area contributed by atoms with E-state index in [1.807, 2.05) is 0 Å². The Bertz CT molecular complexity index is 501. The highest BCUT2D eigenvalue weighted by Crippen LogP contribution is 2.22. The van der Waals surface area contributed by atoms with Crippen molar-refractivity contribution in [2.45, 2.75) is 6.04 Å². The van der Waals surface area contributed by atoms with Gasteiger partial charge in [-0.2, -0.15) is 0 Å². The molecule has 7 heteroatoms. The molecule has 1 aromatic rings. The van der Waals surface area contributed by atoms with Gasteiger partial charge >= 0.3 is 0 Å². The van der Waals surface area contributed by atoms with Gasteiger partial charge in [0.15, 0.2) is 0 Å². The van der Waals surface area contributed by atoms with E-state index in [1.54, 1.807) is 0 Å². The van der Waals surface area contributed by atoms with Crippen LogP contribution in [0.1, 0.15) is 10.4 Å². The van der Waals surface area contributed by atoms with Crippen molar-refractivity contribution in [1.29, 1.82) is 0 Å². The second-order valence-corrected chi connectivity index (χ2v) is 5.18. The van der Waals surface area contributed by atoms with Gasteiger partial charge in [0.25, 0.3) is 5.91 Å². The second-order valence-electron chi connectivity index (χ2n) is 4.13. The summed E-state index contributed by atoms with van der Waals surface area (Å²) in [6, 6.07) is 1.45. The first-order valence-electron chi connectivity index (χ1n) is 5.63. The van der Waals surface area contributed by atoms with Crippen molar-refractivity contribution in [2.75, 3.05) is 25.1 Å². The minimum atomic E-state index is -0.823. The van der Waals surface area contributed by atoms with Crippen LogP contribution in [0.15, 0.2) is 12.1 Å². The molecule has 0 radical (unpaired) electrons. The molecule has 1 aliphatic heterocycles. The summed E-state index contributed by atoms with van der Waals surface area (Å²) in [6.07, 6.45) is 0. The van der Waals surface area contributed by atoms with Crippen LogP contribution < -0.4 is 0 Å². The zero-order chi connectivity index (χ0) is 14.0. The van der Waals surface area contributed by atoms with Crippen molar-refractivity contribution < 1.29 is 18.3 Å². The van der Waals surface area contributed by atoms with Crippen molar-refractivity contribution in [3.8, 4) is 0 Å². The maximum atomic E-state index is 13.7. The molecule has 0 N–H and O–H groups in total. The van der Waals surface area contributed by atoms with Crippen LogP contribution in [0.2, 0.25) is 5.02 Å². The topological polar surface area (TPSA) is 29.5 Å². The van der Waals surface area contributed by atoms with E-state index >= 15 is 0 Å². The molecule has 0 spiro atoms. The van der Waals surface area contributed by atoms with E-state index in [-0.39, 0.29) is 16.6 Å². The van der Waals surface area contributed by atoms with Gasteiger partial charge in [0, 0.05) is 11.9 Å². The summed E-state index contributed by atoms with van der Waals surface area (Å²) in [5.74, 6) is -2.19. The molecule has 2 rings (SSSR count). The number of carbonyl (C=O) groups is 1. The first-order chi connectivity index (χ1) is 9.04. The Hall–Kier alpha value is -0.720. The van der Waals surface area contributed by atoms with Gasteiger partial charge in [-0.3, -0.25) is 4.79 Å². The molecule has 1 aliphatic rings. The van der Waals surface area contributed by atoms with Crippen molar-refractivity contribution in [3.05, 3.63) is 34.4 Å². The zero-order valence-electron chi connectivity index (χ0n) is 9.84. The lowest BCUT2D eigenvalue weighted by molar-refractivity contribution is 0.00497. The van der Waals surface area contributed by atoms with Crippen molar-refractivity contribution in [3.63, 3.8) is 0 Å². The summed E-state index contributed by atoms with van der Waals surface area (Å²) in [7, 11) is 0. The van der Waals surface area contributed by atoms with Crippen LogP contribution in [0.25, 0.3) is 0 Å². The summed E-state index contributed by atoms with van der Waals surface area (Å²) < 4.78 is 32.3. The summed E-state index contributed by atoms with van der Waals surface area (Å²) >= 11 is 8.74. The molecule has 0 saturated carbocycles. The smallest absolute Gasteiger partial charge is 0.257 e. The van der Waals surface area contributed by atoms with Crippen LogP contribution in [0.5, 0.6) is 0 Å². The molecule has 3 nitrogen and oxygen atoms in total. The zero-order valence-corrected chi connectivity index (χ0v) is 12.2. The standard InChI is InChI=1S/C12H11BrClF2NO2/c13-5-7-6-19-2-1-17(7)12(18)8-3-11(16)9(14)4-10(8)15/h3-4,7H,1-2,5-6H2. The van der Waals surface area contributed by atoms with Gasteiger partial charge in [0.05, 0.1) is 29.8 Å². The Kier molecular flexibility index (Phi) is 4.76. The molecular formula is C12H11BrClF2NO2. The van der Waals surface area contributed by atoms with Gasteiger partial charge in [-0.25, -0.2) is 8.78 Å². The predicted octanol–water partition coefficient (Wildman–Crippen LogP) is 2.85. The molecule has 1 amide bonds. The van der Waals surface area contributed by atoms with Crippen LogP contribution in [0, 0.1) is 11.6 Å². The van der Waals surface area contributed by atoms with Crippen molar-refractivity contribution in [2.24, 2.45) is 0 Å². The fraction of sp³-hybridized carbons (Fsp3) is 0.417. The molecule has 0 aliphatic carbocycles. The average molecular weight is 355 g/mol. The SMILES string of the molecule is O=C(c1cc(F)c(Cl)cc1F)N1CCOCC1CBr. The fourth-order valence-corrected chi connectivity index (χ4v) is 2.58. The Morgan fingerprint density at radius 1 is 1.47 bits per heavy atom. The minimum absolute atomic E-state index is 0.195. The van der Waals surface area contributed by atoms with Gasteiger partial charge in [0.2, 0.25) is 0 Å². The average Bonchev–Trinajstić information content (AvgIpc) is 2.42. The number of amides is 1. The first kappa shape index (κ1) is 14.7. The molecule has 0 bridgehead atoms. The van der Waals surface area contributed by atoms with Gasteiger partial charge in [-0.1, -0.05) is 27.5 Å². The molecule has 0 aromatic heterocycles. The maximum absolute atomic E-state index is 13.7. The number of benzene rings is 1. The Morgan fingerprint density at radius 3 is 2.89 bits per heavy atom. The number of hydrogen-bond donors (Lipinski definition) is 0. The second kappa shape index (κ2) is 6.15.